The summed E-state index contributed by atoms with van der Waals surface area (Å²) in [6.07, 6.45) is 3.94. The zero-order valence-corrected chi connectivity index (χ0v) is 16.2. The summed E-state index contributed by atoms with van der Waals surface area (Å²) in [4.78, 5) is 2.51. The maximum atomic E-state index is 11.5. The molecule has 0 spiro atoms. The molecular weight excluding hydrogens is 378 g/mol. The zero-order valence-electron chi connectivity index (χ0n) is 12.9. The van der Waals surface area contributed by atoms with E-state index in [1.807, 2.05) is 0 Å². The molecule has 0 aromatic carbocycles. The second-order valence-electron chi connectivity index (χ2n) is 6.05. The maximum Gasteiger partial charge on any atom is 0.120 e. The predicted molar refractivity (Wildman–Crippen MR) is 101 cm³/mol. The van der Waals surface area contributed by atoms with Gasteiger partial charge in [0, 0.05) is 12.5 Å². The third-order valence-corrected chi connectivity index (χ3v) is 5.98. The summed E-state index contributed by atoms with van der Waals surface area (Å²) in [7, 11) is 0. The summed E-state index contributed by atoms with van der Waals surface area (Å²) < 4.78 is 0. The second kappa shape index (κ2) is 8.06. The van der Waals surface area contributed by atoms with E-state index < -0.39 is 5.60 Å². The van der Waals surface area contributed by atoms with Crippen LogP contribution in [0.5, 0.6) is 0 Å². The number of halogens is 1. The third kappa shape index (κ3) is 3.65. The number of piperidine rings is 1. The normalized spacial score (nSPS) is 17.9. The predicted octanol–water partition coefficient (Wildman–Crippen LogP) is 4.75. The Kier molecular flexibility index (Phi) is 6.65. The first-order valence-corrected chi connectivity index (χ1v) is 9.60. The van der Waals surface area contributed by atoms with Crippen molar-refractivity contribution in [1.29, 1.82) is 0 Å². The first-order valence-electron chi connectivity index (χ1n) is 7.71. The molecule has 1 atom stereocenters. The largest absolute Gasteiger partial charge is 0.380 e. The van der Waals surface area contributed by atoms with Crippen molar-refractivity contribution in [2.45, 2.75) is 31.8 Å². The number of rotatable bonds is 5. The van der Waals surface area contributed by atoms with Crippen LogP contribution in [0.2, 0.25) is 0 Å². The molecule has 1 aliphatic heterocycles. The van der Waals surface area contributed by atoms with Crippen LogP contribution in [0.1, 0.15) is 37.3 Å². The Labute approximate surface area is 151 Å². The molecule has 2 aromatic heterocycles. The van der Waals surface area contributed by atoms with Gasteiger partial charge in [0.1, 0.15) is 5.60 Å². The van der Waals surface area contributed by atoms with Crippen LogP contribution >= 0.6 is 39.7 Å². The van der Waals surface area contributed by atoms with E-state index in [1.165, 1.54) is 32.4 Å². The van der Waals surface area contributed by atoms with Crippen LogP contribution in [0.3, 0.4) is 0 Å². The van der Waals surface area contributed by atoms with Gasteiger partial charge in [-0.15, -0.1) is 17.0 Å². The fourth-order valence-corrected chi connectivity index (χ4v) is 4.78. The molecule has 0 aliphatic carbocycles. The highest BCUT2D eigenvalue weighted by Gasteiger charge is 2.39. The number of aliphatic hydroxyl groups is 1. The first-order chi connectivity index (χ1) is 10.2. The summed E-state index contributed by atoms with van der Waals surface area (Å²) in [6, 6.07) is 4.13. The standard InChI is InChI=1S/C17H23NOS2.BrH/c1-14(11-18-7-3-2-4-8-18)17(19,15-5-9-20-12-15)16-6-10-21-13-16;/h5-6,9-10,12-14,19H,2-4,7-8,11H2,1H3;1H. The molecule has 1 aliphatic rings. The van der Waals surface area contributed by atoms with Gasteiger partial charge >= 0.3 is 0 Å². The summed E-state index contributed by atoms with van der Waals surface area (Å²) in [5.41, 5.74) is 1.21. The number of nitrogens with zero attached hydrogens (tertiary/aromatic N) is 1. The summed E-state index contributed by atoms with van der Waals surface area (Å²) in [5.74, 6) is 0.180. The number of hydrogen-bond acceptors (Lipinski definition) is 4. The Balaban J connectivity index is 0.00000176. The van der Waals surface area contributed by atoms with E-state index in [2.05, 4.69) is 45.5 Å². The van der Waals surface area contributed by atoms with Gasteiger partial charge in [-0.3, -0.25) is 0 Å². The van der Waals surface area contributed by atoms with E-state index in [0.717, 1.165) is 17.7 Å². The molecule has 1 fully saturated rings. The molecule has 5 heteroatoms. The van der Waals surface area contributed by atoms with E-state index in [9.17, 15) is 5.11 Å². The van der Waals surface area contributed by atoms with Gasteiger partial charge in [0.25, 0.3) is 0 Å². The summed E-state index contributed by atoms with van der Waals surface area (Å²) in [6.45, 7) is 5.49. The molecule has 1 saturated heterocycles. The highest BCUT2D eigenvalue weighted by Crippen LogP contribution is 2.39. The Morgan fingerprint density at radius 1 is 1.09 bits per heavy atom. The SMILES string of the molecule is Br.CC(CN1CCCCC1)C(O)(c1ccsc1)c1ccsc1. The molecule has 2 nitrogen and oxygen atoms in total. The summed E-state index contributed by atoms with van der Waals surface area (Å²) >= 11 is 3.31. The van der Waals surface area contributed by atoms with Gasteiger partial charge in [-0.1, -0.05) is 13.3 Å². The molecule has 1 unspecified atom stereocenters. The summed E-state index contributed by atoms with van der Waals surface area (Å²) in [5, 5.41) is 19.8. The molecular formula is C17H24BrNOS2. The fourth-order valence-electron chi connectivity index (χ4n) is 3.36. The van der Waals surface area contributed by atoms with Crippen molar-refractivity contribution in [3.8, 4) is 0 Å². The van der Waals surface area contributed by atoms with Crippen molar-refractivity contribution in [3.05, 3.63) is 44.8 Å². The molecule has 1 N–H and O–H groups in total. The van der Waals surface area contributed by atoms with Crippen LogP contribution in [0.25, 0.3) is 0 Å². The van der Waals surface area contributed by atoms with Gasteiger partial charge in [-0.05, 0) is 70.7 Å². The molecule has 122 valence electrons. The highest BCUT2D eigenvalue weighted by atomic mass is 79.9. The Bertz CT molecular complexity index is 501. The van der Waals surface area contributed by atoms with Crippen LogP contribution in [0.15, 0.2) is 33.7 Å². The number of likely N-dealkylation sites (tertiary alicyclic amines) is 1. The molecule has 2 aromatic rings. The Morgan fingerprint density at radius 3 is 2.09 bits per heavy atom. The minimum absolute atomic E-state index is 0. The minimum Gasteiger partial charge on any atom is -0.380 e. The van der Waals surface area contributed by atoms with Crippen molar-refractivity contribution >= 4 is 39.7 Å². The lowest BCUT2D eigenvalue weighted by Crippen LogP contribution is -2.43. The molecule has 0 amide bonds. The third-order valence-electron chi connectivity index (χ3n) is 4.62. The monoisotopic (exact) mass is 401 g/mol. The van der Waals surface area contributed by atoms with Crippen LogP contribution < -0.4 is 0 Å². The van der Waals surface area contributed by atoms with E-state index >= 15 is 0 Å². The Morgan fingerprint density at radius 2 is 1.64 bits per heavy atom. The number of hydrogen-bond donors (Lipinski definition) is 1. The second-order valence-corrected chi connectivity index (χ2v) is 7.61. The van der Waals surface area contributed by atoms with Crippen molar-refractivity contribution in [1.82, 2.24) is 4.90 Å². The quantitative estimate of drug-likeness (QED) is 0.781. The first kappa shape index (κ1) is 18.1. The van der Waals surface area contributed by atoms with Crippen molar-refractivity contribution in [2.75, 3.05) is 19.6 Å². The van der Waals surface area contributed by atoms with Crippen molar-refractivity contribution in [2.24, 2.45) is 5.92 Å². The van der Waals surface area contributed by atoms with Crippen LogP contribution in [-0.4, -0.2) is 29.6 Å². The van der Waals surface area contributed by atoms with Crippen LogP contribution in [0, 0.1) is 5.92 Å². The fraction of sp³-hybridized carbons (Fsp3) is 0.529. The van der Waals surface area contributed by atoms with Gasteiger partial charge in [0.2, 0.25) is 0 Å². The topological polar surface area (TPSA) is 23.5 Å². The number of thiophene rings is 2. The molecule has 0 bridgehead atoms. The molecule has 3 heterocycles. The molecule has 3 rings (SSSR count). The lowest BCUT2D eigenvalue weighted by Gasteiger charge is -2.38. The molecule has 22 heavy (non-hydrogen) atoms. The van der Waals surface area contributed by atoms with E-state index in [0.29, 0.717) is 0 Å². The lowest BCUT2D eigenvalue weighted by atomic mass is 9.78. The van der Waals surface area contributed by atoms with Crippen LogP contribution in [-0.2, 0) is 5.60 Å². The average Bonchev–Trinajstić information content (AvgIpc) is 3.21. The minimum atomic E-state index is -0.864. The van der Waals surface area contributed by atoms with Crippen LogP contribution in [0.4, 0.5) is 0 Å². The maximum absolute atomic E-state index is 11.5. The Hall–Kier alpha value is -0.200. The van der Waals surface area contributed by atoms with E-state index in [4.69, 9.17) is 0 Å². The molecule has 0 saturated carbocycles. The average molecular weight is 402 g/mol. The van der Waals surface area contributed by atoms with E-state index in [1.54, 1.807) is 22.7 Å². The van der Waals surface area contributed by atoms with Gasteiger partial charge < -0.3 is 10.0 Å². The smallest absolute Gasteiger partial charge is 0.120 e. The van der Waals surface area contributed by atoms with E-state index in [-0.39, 0.29) is 22.9 Å². The van der Waals surface area contributed by atoms with Crippen molar-refractivity contribution in [3.63, 3.8) is 0 Å². The molecule has 0 radical (unpaired) electrons. The highest BCUT2D eigenvalue weighted by molar-refractivity contribution is 8.93. The van der Waals surface area contributed by atoms with Gasteiger partial charge in [0.05, 0.1) is 0 Å². The van der Waals surface area contributed by atoms with Crippen molar-refractivity contribution < 1.29 is 5.11 Å². The lowest BCUT2D eigenvalue weighted by molar-refractivity contribution is 0.00559. The van der Waals surface area contributed by atoms with Gasteiger partial charge in [-0.25, -0.2) is 0 Å². The van der Waals surface area contributed by atoms with Gasteiger partial charge in [-0.2, -0.15) is 22.7 Å². The zero-order chi connectivity index (χ0) is 14.7. The van der Waals surface area contributed by atoms with Gasteiger partial charge in [0.15, 0.2) is 0 Å².